The lowest BCUT2D eigenvalue weighted by Gasteiger charge is -2.27. The first-order valence-electron chi connectivity index (χ1n) is 10.8. The van der Waals surface area contributed by atoms with Gasteiger partial charge in [0.1, 0.15) is 11.6 Å². The maximum atomic E-state index is 13.6. The molecule has 1 aliphatic carbocycles. The number of carbonyl (C=O) groups excluding carboxylic acids is 1. The molecular formula is C24H25FN4O4. The second kappa shape index (κ2) is 9.01. The predicted molar refractivity (Wildman–Crippen MR) is 123 cm³/mol. The van der Waals surface area contributed by atoms with Crippen molar-refractivity contribution in [3.8, 4) is 5.75 Å². The van der Waals surface area contributed by atoms with E-state index in [1.807, 2.05) is 0 Å². The number of phenols is 1. The Hall–Kier alpha value is -3.75. The van der Waals surface area contributed by atoms with E-state index < -0.39 is 17.8 Å². The first-order valence-corrected chi connectivity index (χ1v) is 10.8. The molecule has 2 aromatic rings. The van der Waals surface area contributed by atoms with Crippen LogP contribution in [0.1, 0.15) is 49.7 Å². The smallest absolute Gasteiger partial charge is 0.306 e. The van der Waals surface area contributed by atoms with Crippen LogP contribution in [-0.2, 0) is 9.59 Å². The van der Waals surface area contributed by atoms with Gasteiger partial charge in [0.05, 0.1) is 23.0 Å². The fourth-order valence-corrected chi connectivity index (χ4v) is 4.36. The molecule has 172 valence electrons. The molecule has 1 saturated carbocycles. The van der Waals surface area contributed by atoms with Gasteiger partial charge in [-0.3, -0.25) is 15.0 Å². The van der Waals surface area contributed by atoms with Crippen molar-refractivity contribution >= 4 is 34.7 Å². The van der Waals surface area contributed by atoms with Crippen molar-refractivity contribution in [1.29, 1.82) is 0 Å². The Kier molecular flexibility index (Phi) is 6.13. The molecule has 0 aromatic heterocycles. The molecule has 2 unspecified atom stereocenters. The molecule has 0 radical (unpaired) electrons. The number of halogens is 1. The second-order valence-corrected chi connectivity index (χ2v) is 8.45. The molecule has 1 fully saturated rings. The zero-order valence-electron chi connectivity index (χ0n) is 18.4. The van der Waals surface area contributed by atoms with Crippen LogP contribution in [0.5, 0.6) is 5.75 Å². The van der Waals surface area contributed by atoms with Crippen LogP contribution in [0, 0.1) is 18.7 Å². The molecule has 1 amide bonds. The maximum Gasteiger partial charge on any atom is 0.306 e. The number of nitrogens with zero attached hydrogens (tertiary/aromatic N) is 3. The molecule has 1 aliphatic heterocycles. The zero-order valence-corrected chi connectivity index (χ0v) is 18.4. The molecule has 2 aliphatic rings. The highest BCUT2D eigenvalue weighted by Gasteiger charge is 2.32. The van der Waals surface area contributed by atoms with Crippen LogP contribution in [0.2, 0.25) is 0 Å². The Labute approximate surface area is 190 Å². The molecule has 3 N–H and O–H groups in total. The summed E-state index contributed by atoms with van der Waals surface area (Å²) in [6, 6.07) is 9.45. The molecule has 9 heteroatoms. The number of benzene rings is 2. The van der Waals surface area contributed by atoms with Gasteiger partial charge in [-0.2, -0.15) is 15.2 Å². The van der Waals surface area contributed by atoms with Crippen LogP contribution in [0.3, 0.4) is 0 Å². The van der Waals surface area contributed by atoms with Crippen molar-refractivity contribution in [2.24, 2.45) is 16.1 Å². The number of amides is 1. The van der Waals surface area contributed by atoms with E-state index in [4.69, 9.17) is 0 Å². The molecule has 0 saturated heterocycles. The van der Waals surface area contributed by atoms with Crippen LogP contribution in [0.15, 0.2) is 46.6 Å². The highest BCUT2D eigenvalue weighted by atomic mass is 19.1. The number of aryl methyl sites for hydroxylation is 1. The summed E-state index contributed by atoms with van der Waals surface area (Å²) in [6.07, 6.45) is 2.69. The normalized spacial score (nSPS) is 21.9. The molecule has 0 bridgehead atoms. The van der Waals surface area contributed by atoms with Crippen molar-refractivity contribution < 1.29 is 24.2 Å². The van der Waals surface area contributed by atoms with E-state index in [0.29, 0.717) is 41.1 Å². The third kappa shape index (κ3) is 4.44. The number of rotatable bonds is 5. The van der Waals surface area contributed by atoms with Crippen LogP contribution in [0.25, 0.3) is 0 Å². The lowest BCUT2D eigenvalue weighted by molar-refractivity contribution is -0.143. The number of anilines is 2. The first kappa shape index (κ1) is 22.4. The molecule has 4 rings (SSSR count). The average molecular weight is 452 g/mol. The molecule has 33 heavy (non-hydrogen) atoms. The van der Waals surface area contributed by atoms with Gasteiger partial charge in [-0.25, -0.2) is 4.39 Å². The summed E-state index contributed by atoms with van der Waals surface area (Å²) in [7, 11) is 0. The van der Waals surface area contributed by atoms with E-state index in [1.165, 1.54) is 18.2 Å². The molecular weight excluding hydrogens is 427 g/mol. The van der Waals surface area contributed by atoms with E-state index in [2.05, 4.69) is 15.6 Å². The number of hydrogen-bond acceptors (Lipinski definition) is 6. The predicted octanol–water partition coefficient (Wildman–Crippen LogP) is 4.39. The molecule has 2 atom stereocenters. The first-order chi connectivity index (χ1) is 15.8. The summed E-state index contributed by atoms with van der Waals surface area (Å²) in [5.74, 6) is -2.15. The number of carboxylic acid groups (broad SMARTS) is 1. The van der Waals surface area contributed by atoms with Crippen LogP contribution >= 0.6 is 0 Å². The van der Waals surface area contributed by atoms with E-state index in [0.717, 1.165) is 17.9 Å². The quantitative estimate of drug-likeness (QED) is 0.460. The van der Waals surface area contributed by atoms with Gasteiger partial charge in [0.2, 0.25) is 0 Å². The van der Waals surface area contributed by atoms with Gasteiger partial charge in [0.25, 0.3) is 0 Å². The van der Waals surface area contributed by atoms with Crippen molar-refractivity contribution in [3.05, 3.63) is 53.3 Å². The fourth-order valence-electron chi connectivity index (χ4n) is 4.36. The Bertz CT molecular complexity index is 1180. The van der Waals surface area contributed by atoms with Crippen molar-refractivity contribution in [2.75, 3.05) is 10.4 Å². The van der Waals surface area contributed by atoms with Crippen molar-refractivity contribution in [1.82, 2.24) is 0 Å². The summed E-state index contributed by atoms with van der Waals surface area (Å²) in [5, 5.41) is 29.7. The monoisotopic (exact) mass is 452 g/mol. The third-order valence-corrected chi connectivity index (χ3v) is 6.19. The molecule has 1 heterocycles. The standard InChI is InChI=1S/C24H25FN4O4/c1-13-11-17(9-10-19(13)25)29-23(31)21(14(2)28-29)27-26-20-8-4-7-18(22(20)30)15-5-3-6-16(12-15)24(32)33/h4,7-11,15-16,26,30H,3,5-6,12H2,1-2H3,(H,32,33). The highest BCUT2D eigenvalue weighted by molar-refractivity contribution is 6.71. The number of carboxylic acids is 1. The summed E-state index contributed by atoms with van der Waals surface area (Å²) < 4.78 is 13.6. The van der Waals surface area contributed by atoms with E-state index in [-0.39, 0.29) is 23.2 Å². The van der Waals surface area contributed by atoms with Crippen molar-refractivity contribution in [2.45, 2.75) is 45.4 Å². The van der Waals surface area contributed by atoms with Gasteiger partial charge in [0, 0.05) is 0 Å². The molecule has 0 spiro atoms. The minimum atomic E-state index is -0.810. The Balaban J connectivity index is 1.54. The molecule has 2 aromatic carbocycles. The van der Waals surface area contributed by atoms with E-state index in [9.17, 15) is 24.2 Å². The Morgan fingerprint density at radius 2 is 2.03 bits per heavy atom. The van der Waals surface area contributed by atoms with Crippen LogP contribution in [0.4, 0.5) is 15.8 Å². The summed E-state index contributed by atoms with van der Waals surface area (Å²) in [5.41, 5.74) is 5.01. The van der Waals surface area contributed by atoms with Crippen LogP contribution in [-0.4, -0.2) is 33.5 Å². The average Bonchev–Trinajstić information content (AvgIpc) is 3.08. The van der Waals surface area contributed by atoms with Gasteiger partial charge in [-0.05, 0) is 74.4 Å². The second-order valence-electron chi connectivity index (χ2n) is 8.45. The number of phenolic OH excluding ortho intramolecular Hbond substituents is 1. The number of hydrazone groups is 2. The number of aromatic hydroxyl groups is 1. The van der Waals surface area contributed by atoms with E-state index in [1.54, 1.807) is 32.0 Å². The summed E-state index contributed by atoms with van der Waals surface area (Å²) in [6.45, 7) is 3.24. The Morgan fingerprint density at radius 1 is 1.24 bits per heavy atom. The number of para-hydroxylation sites is 1. The summed E-state index contributed by atoms with van der Waals surface area (Å²) in [4.78, 5) is 24.3. The van der Waals surface area contributed by atoms with E-state index >= 15 is 0 Å². The Morgan fingerprint density at radius 3 is 2.76 bits per heavy atom. The lowest BCUT2D eigenvalue weighted by Crippen LogP contribution is -2.28. The van der Waals surface area contributed by atoms with Gasteiger partial charge in [0.15, 0.2) is 5.71 Å². The maximum absolute atomic E-state index is 13.6. The van der Waals surface area contributed by atoms with Gasteiger partial charge >= 0.3 is 11.9 Å². The lowest BCUT2D eigenvalue weighted by atomic mass is 9.77. The SMILES string of the molecule is CC1=NN(c2ccc(F)c(C)c2)C(=O)C1=NNc1cccc(C2CCCC(C(=O)O)C2)c1O. The van der Waals surface area contributed by atoms with Gasteiger partial charge in [-0.15, -0.1) is 0 Å². The largest absolute Gasteiger partial charge is 0.505 e. The fraction of sp³-hybridized carbons (Fsp3) is 0.333. The molecule has 8 nitrogen and oxygen atoms in total. The van der Waals surface area contributed by atoms with Gasteiger partial charge < -0.3 is 10.2 Å². The number of hydrogen-bond donors (Lipinski definition) is 3. The minimum Gasteiger partial charge on any atom is -0.505 e. The summed E-state index contributed by atoms with van der Waals surface area (Å²) >= 11 is 0. The third-order valence-electron chi connectivity index (χ3n) is 6.19. The van der Waals surface area contributed by atoms with Crippen LogP contribution < -0.4 is 10.4 Å². The topological polar surface area (TPSA) is 115 Å². The number of aliphatic carboxylic acids is 1. The van der Waals surface area contributed by atoms with Crippen molar-refractivity contribution in [3.63, 3.8) is 0 Å². The minimum absolute atomic E-state index is 0.0102. The highest BCUT2D eigenvalue weighted by Crippen LogP contribution is 2.42. The van der Waals surface area contributed by atoms with Gasteiger partial charge in [-0.1, -0.05) is 18.6 Å². The zero-order chi connectivity index (χ0) is 23.7. The number of nitrogens with one attached hydrogen (secondary N) is 1. The number of carbonyl (C=O) groups is 2.